The first-order valence-corrected chi connectivity index (χ1v) is 9.65. The Morgan fingerprint density at radius 2 is 1.92 bits per heavy atom. The van der Waals surface area contributed by atoms with Gasteiger partial charge in [-0.25, -0.2) is 4.68 Å². The molecule has 1 aliphatic heterocycles. The van der Waals surface area contributed by atoms with Gasteiger partial charge in [-0.15, -0.1) is 5.10 Å². The van der Waals surface area contributed by atoms with Crippen LogP contribution in [0, 0.1) is 11.8 Å². The van der Waals surface area contributed by atoms with E-state index in [0.717, 1.165) is 31.5 Å². The molecule has 0 saturated carbocycles. The lowest BCUT2D eigenvalue weighted by Crippen LogP contribution is -2.42. The first-order valence-electron chi connectivity index (χ1n) is 9.65. The fourth-order valence-electron chi connectivity index (χ4n) is 3.56. The quantitative estimate of drug-likeness (QED) is 0.629. The van der Waals surface area contributed by atoms with Crippen molar-refractivity contribution >= 4 is 5.91 Å². The summed E-state index contributed by atoms with van der Waals surface area (Å²) in [6.45, 7) is 13.6. The van der Waals surface area contributed by atoms with Gasteiger partial charge in [0.2, 0.25) is 0 Å². The second kappa shape index (κ2) is 10.6. The van der Waals surface area contributed by atoms with Gasteiger partial charge in [0.05, 0.1) is 12.7 Å². The van der Waals surface area contributed by atoms with Crippen molar-refractivity contribution in [2.45, 2.75) is 47.0 Å². The second-order valence-corrected chi connectivity index (χ2v) is 7.13. The van der Waals surface area contributed by atoms with E-state index in [-0.39, 0.29) is 12.2 Å². The number of amides is 1. The van der Waals surface area contributed by atoms with Gasteiger partial charge in [-0.1, -0.05) is 19.1 Å². The summed E-state index contributed by atoms with van der Waals surface area (Å²) in [7, 11) is 0. The lowest BCUT2D eigenvalue weighted by molar-refractivity contribution is -0.145. The van der Waals surface area contributed by atoms with Crippen LogP contribution in [0.4, 0.5) is 0 Å². The molecule has 0 spiro atoms. The van der Waals surface area contributed by atoms with Crippen LogP contribution < -0.4 is 5.32 Å². The van der Waals surface area contributed by atoms with E-state index < -0.39 is 0 Å². The summed E-state index contributed by atoms with van der Waals surface area (Å²) in [4.78, 5) is 14.7. The predicted octanol–water partition coefficient (Wildman–Crippen LogP) is 1.38. The molecule has 26 heavy (non-hydrogen) atoms. The van der Waals surface area contributed by atoms with Gasteiger partial charge in [0, 0.05) is 39.4 Å². The standard InChI is InChI=1S/C18H33N5O3/c1-5-25-17(26-6-2)13-23-12-16(20-21-23)18(24)19-7-8-22-10-14(3)9-15(4)11-22/h12,14-15,17H,5-11,13H2,1-4H3,(H,19,24)/t14-,15-/m1/s1. The zero-order valence-electron chi connectivity index (χ0n) is 16.5. The third-order valence-corrected chi connectivity index (χ3v) is 4.47. The van der Waals surface area contributed by atoms with Crippen molar-refractivity contribution in [1.82, 2.24) is 25.2 Å². The number of aromatic nitrogens is 3. The van der Waals surface area contributed by atoms with Gasteiger partial charge in [0.1, 0.15) is 0 Å². The van der Waals surface area contributed by atoms with E-state index in [1.54, 1.807) is 10.9 Å². The number of nitrogens with zero attached hydrogens (tertiary/aromatic N) is 4. The smallest absolute Gasteiger partial charge is 0.273 e. The Labute approximate surface area is 156 Å². The predicted molar refractivity (Wildman–Crippen MR) is 98.8 cm³/mol. The fourth-order valence-corrected chi connectivity index (χ4v) is 3.56. The maximum Gasteiger partial charge on any atom is 0.273 e. The van der Waals surface area contributed by atoms with Crippen LogP contribution in [0.3, 0.4) is 0 Å². The van der Waals surface area contributed by atoms with Crippen molar-refractivity contribution in [3.8, 4) is 0 Å². The average Bonchev–Trinajstić information content (AvgIpc) is 3.03. The SMILES string of the molecule is CCOC(Cn1cc(C(=O)NCCN2C[C@H](C)C[C@@H](C)C2)nn1)OCC. The van der Waals surface area contributed by atoms with Crippen LogP contribution in [0.1, 0.15) is 44.6 Å². The number of piperidine rings is 1. The van der Waals surface area contributed by atoms with Crippen LogP contribution in [-0.4, -0.2) is 71.5 Å². The molecule has 1 saturated heterocycles. The summed E-state index contributed by atoms with van der Waals surface area (Å²) in [6.07, 6.45) is 2.53. The van der Waals surface area contributed by atoms with Crippen LogP contribution >= 0.6 is 0 Å². The molecule has 148 valence electrons. The largest absolute Gasteiger partial charge is 0.351 e. The molecule has 1 aromatic heterocycles. The second-order valence-electron chi connectivity index (χ2n) is 7.13. The normalized spacial score (nSPS) is 21.3. The van der Waals surface area contributed by atoms with Crippen LogP contribution in [-0.2, 0) is 16.0 Å². The van der Waals surface area contributed by atoms with Gasteiger partial charge >= 0.3 is 0 Å². The van der Waals surface area contributed by atoms with Crippen molar-refractivity contribution in [2.24, 2.45) is 11.8 Å². The highest BCUT2D eigenvalue weighted by atomic mass is 16.7. The average molecular weight is 367 g/mol. The van der Waals surface area contributed by atoms with E-state index >= 15 is 0 Å². The Bertz CT molecular complexity index is 535. The Balaban J connectivity index is 1.76. The number of hydrogen-bond donors (Lipinski definition) is 1. The number of carbonyl (C=O) groups is 1. The number of nitrogens with one attached hydrogen (secondary N) is 1. The van der Waals surface area contributed by atoms with Crippen molar-refractivity contribution in [3.63, 3.8) is 0 Å². The van der Waals surface area contributed by atoms with Crippen molar-refractivity contribution in [2.75, 3.05) is 39.4 Å². The zero-order valence-corrected chi connectivity index (χ0v) is 16.5. The lowest BCUT2D eigenvalue weighted by Gasteiger charge is -2.34. The number of rotatable bonds is 10. The van der Waals surface area contributed by atoms with E-state index in [9.17, 15) is 4.79 Å². The summed E-state index contributed by atoms with van der Waals surface area (Å²) < 4.78 is 12.6. The van der Waals surface area contributed by atoms with Crippen molar-refractivity contribution in [3.05, 3.63) is 11.9 Å². The van der Waals surface area contributed by atoms with Gasteiger partial charge in [-0.3, -0.25) is 4.79 Å². The summed E-state index contributed by atoms with van der Waals surface area (Å²) >= 11 is 0. The summed E-state index contributed by atoms with van der Waals surface area (Å²) in [6, 6.07) is 0. The minimum absolute atomic E-state index is 0.196. The Morgan fingerprint density at radius 3 is 2.54 bits per heavy atom. The third-order valence-electron chi connectivity index (χ3n) is 4.47. The molecule has 8 heteroatoms. The minimum atomic E-state index is -0.384. The highest BCUT2D eigenvalue weighted by Crippen LogP contribution is 2.20. The number of likely N-dealkylation sites (tertiary alicyclic amines) is 1. The van der Waals surface area contributed by atoms with E-state index in [4.69, 9.17) is 9.47 Å². The third kappa shape index (κ3) is 6.66. The molecule has 1 N–H and O–H groups in total. The summed E-state index contributed by atoms with van der Waals surface area (Å²) in [5.74, 6) is 1.25. The Kier molecular flexibility index (Phi) is 8.47. The van der Waals surface area contributed by atoms with Crippen molar-refractivity contribution < 1.29 is 14.3 Å². The highest BCUT2D eigenvalue weighted by Gasteiger charge is 2.21. The molecular weight excluding hydrogens is 334 g/mol. The number of ether oxygens (including phenoxy) is 2. The van der Waals surface area contributed by atoms with Gasteiger partial charge in [0.25, 0.3) is 5.91 Å². The lowest BCUT2D eigenvalue weighted by atomic mass is 9.92. The molecule has 0 aliphatic carbocycles. The van der Waals surface area contributed by atoms with Gasteiger partial charge < -0.3 is 19.7 Å². The monoisotopic (exact) mass is 367 g/mol. The van der Waals surface area contributed by atoms with Crippen molar-refractivity contribution in [1.29, 1.82) is 0 Å². The maximum atomic E-state index is 12.3. The number of carbonyl (C=O) groups excluding carboxylic acids is 1. The van der Waals surface area contributed by atoms with E-state index in [0.29, 0.717) is 32.0 Å². The first-order chi connectivity index (χ1) is 12.5. The van der Waals surface area contributed by atoms with E-state index in [1.165, 1.54) is 6.42 Å². The Hall–Kier alpha value is -1.51. The molecule has 1 aliphatic rings. The van der Waals surface area contributed by atoms with E-state index in [2.05, 4.69) is 34.4 Å². The zero-order chi connectivity index (χ0) is 18.9. The molecule has 2 rings (SSSR count). The van der Waals surface area contributed by atoms with Crippen LogP contribution in [0.25, 0.3) is 0 Å². The van der Waals surface area contributed by atoms with Gasteiger partial charge in [-0.05, 0) is 32.1 Å². The van der Waals surface area contributed by atoms with E-state index in [1.807, 2.05) is 13.8 Å². The fraction of sp³-hybridized carbons (Fsp3) is 0.833. The number of hydrogen-bond acceptors (Lipinski definition) is 6. The molecule has 1 aromatic rings. The van der Waals surface area contributed by atoms with Crippen LogP contribution in [0.2, 0.25) is 0 Å². The maximum absolute atomic E-state index is 12.3. The molecule has 0 unspecified atom stereocenters. The molecule has 2 atom stereocenters. The molecule has 8 nitrogen and oxygen atoms in total. The summed E-state index contributed by atoms with van der Waals surface area (Å²) in [5.41, 5.74) is 0.317. The molecule has 0 bridgehead atoms. The van der Waals surface area contributed by atoms with Gasteiger partial charge in [0.15, 0.2) is 12.0 Å². The molecular formula is C18H33N5O3. The Morgan fingerprint density at radius 1 is 1.27 bits per heavy atom. The molecule has 0 radical (unpaired) electrons. The summed E-state index contributed by atoms with van der Waals surface area (Å²) in [5, 5.41) is 10.9. The topological polar surface area (TPSA) is 81.5 Å². The van der Waals surface area contributed by atoms with Gasteiger partial charge in [-0.2, -0.15) is 0 Å². The minimum Gasteiger partial charge on any atom is -0.351 e. The highest BCUT2D eigenvalue weighted by molar-refractivity contribution is 5.91. The molecule has 1 amide bonds. The first kappa shape index (κ1) is 20.8. The molecule has 0 aromatic carbocycles. The van der Waals surface area contributed by atoms with Crippen LogP contribution in [0.15, 0.2) is 6.20 Å². The molecule has 1 fully saturated rings. The van der Waals surface area contributed by atoms with Crippen LogP contribution in [0.5, 0.6) is 0 Å². The molecule has 2 heterocycles.